The van der Waals surface area contributed by atoms with Crippen LogP contribution in [-0.4, -0.2) is 14.6 Å². The maximum absolute atomic E-state index is 11.6. The molecule has 0 radical (unpaired) electrons. The van der Waals surface area contributed by atoms with Crippen LogP contribution in [0.1, 0.15) is 38.1 Å². The van der Waals surface area contributed by atoms with Crippen LogP contribution in [0.15, 0.2) is 23.6 Å². The van der Waals surface area contributed by atoms with Crippen LogP contribution in [0.4, 0.5) is 0 Å². The van der Waals surface area contributed by atoms with Crippen LogP contribution in [-0.2, 0) is 0 Å². The Morgan fingerprint density at radius 1 is 1.56 bits per heavy atom. The molecule has 0 atom stereocenters. The number of allylic oxidation sites excluding steroid dienone is 1. The number of nitrogens with zero attached hydrogens (tertiary/aromatic N) is 2. The van der Waals surface area contributed by atoms with Crippen molar-refractivity contribution in [2.45, 2.75) is 26.7 Å². The summed E-state index contributed by atoms with van der Waals surface area (Å²) in [6.07, 6.45) is 1.91. The molecular formula is C12H15N3O. The molecule has 2 aromatic heterocycles. The number of nitrogens with one attached hydrogen (secondary N) is 1. The van der Waals surface area contributed by atoms with Crippen molar-refractivity contribution < 1.29 is 0 Å². The highest BCUT2D eigenvalue weighted by atomic mass is 16.1. The third-order valence-corrected chi connectivity index (χ3v) is 2.58. The van der Waals surface area contributed by atoms with Crippen LogP contribution in [0, 0.1) is 0 Å². The zero-order chi connectivity index (χ0) is 11.9. The minimum absolute atomic E-state index is 0.170. The summed E-state index contributed by atoms with van der Waals surface area (Å²) >= 11 is 0. The molecule has 0 aliphatic heterocycles. The second-order valence-electron chi connectivity index (χ2n) is 4.33. The van der Waals surface area contributed by atoms with Crippen molar-refractivity contribution in [3.8, 4) is 0 Å². The van der Waals surface area contributed by atoms with Crippen molar-refractivity contribution in [3.05, 3.63) is 40.6 Å². The molecule has 84 valence electrons. The van der Waals surface area contributed by atoms with Gasteiger partial charge >= 0.3 is 0 Å². The molecule has 0 aliphatic carbocycles. The molecule has 0 spiro atoms. The van der Waals surface area contributed by atoms with Crippen molar-refractivity contribution in [1.29, 1.82) is 0 Å². The molecule has 0 aromatic carbocycles. The molecule has 0 saturated carbocycles. The van der Waals surface area contributed by atoms with Gasteiger partial charge in [0.15, 0.2) is 0 Å². The SMILES string of the molecule is C=C(C)c1cc2c(=O)[nH]nc(C(C)C)n2c1. The Labute approximate surface area is 93.6 Å². The van der Waals surface area contributed by atoms with Crippen LogP contribution in [0.25, 0.3) is 11.1 Å². The molecule has 0 aliphatic rings. The molecular weight excluding hydrogens is 202 g/mol. The van der Waals surface area contributed by atoms with Gasteiger partial charge in [0.05, 0.1) is 0 Å². The van der Waals surface area contributed by atoms with Gasteiger partial charge in [0.1, 0.15) is 11.3 Å². The smallest absolute Gasteiger partial charge is 0.288 e. The van der Waals surface area contributed by atoms with Crippen LogP contribution < -0.4 is 5.56 Å². The number of fused-ring (bicyclic) bond motifs is 1. The first-order chi connectivity index (χ1) is 7.50. The van der Waals surface area contributed by atoms with Gasteiger partial charge in [-0.1, -0.05) is 20.4 Å². The van der Waals surface area contributed by atoms with Gasteiger partial charge in [-0.2, -0.15) is 5.10 Å². The minimum atomic E-state index is -0.170. The molecule has 2 rings (SSSR count). The monoisotopic (exact) mass is 217 g/mol. The lowest BCUT2D eigenvalue weighted by atomic mass is 10.2. The Bertz CT molecular complexity index is 604. The van der Waals surface area contributed by atoms with Crippen molar-refractivity contribution >= 4 is 11.1 Å². The summed E-state index contributed by atoms with van der Waals surface area (Å²) in [6.45, 7) is 9.89. The van der Waals surface area contributed by atoms with Crippen LogP contribution in [0.5, 0.6) is 0 Å². The van der Waals surface area contributed by atoms with Crippen LogP contribution in [0.3, 0.4) is 0 Å². The molecule has 4 heteroatoms. The first-order valence-corrected chi connectivity index (χ1v) is 5.27. The van der Waals surface area contributed by atoms with Gasteiger partial charge in [-0.25, -0.2) is 5.10 Å². The molecule has 0 fully saturated rings. The van der Waals surface area contributed by atoms with Crippen LogP contribution in [0.2, 0.25) is 0 Å². The van der Waals surface area contributed by atoms with E-state index in [1.54, 1.807) is 0 Å². The fraction of sp³-hybridized carbons (Fsp3) is 0.333. The topological polar surface area (TPSA) is 50.2 Å². The van der Waals surface area contributed by atoms with Gasteiger partial charge in [0.2, 0.25) is 0 Å². The normalized spacial score (nSPS) is 11.2. The first-order valence-electron chi connectivity index (χ1n) is 5.27. The molecule has 1 N–H and O–H groups in total. The lowest BCUT2D eigenvalue weighted by molar-refractivity contribution is 0.711. The van der Waals surface area contributed by atoms with Crippen molar-refractivity contribution in [2.24, 2.45) is 0 Å². The highest BCUT2D eigenvalue weighted by Gasteiger charge is 2.11. The number of hydrogen-bond donors (Lipinski definition) is 1. The van der Waals surface area contributed by atoms with E-state index in [2.05, 4.69) is 16.8 Å². The van der Waals surface area contributed by atoms with Gasteiger partial charge in [-0.05, 0) is 24.1 Å². The average molecular weight is 217 g/mol. The van der Waals surface area contributed by atoms with Gasteiger partial charge < -0.3 is 0 Å². The Kier molecular flexibility index (Phi) is 2.42. The maximum Gasteiger partial charge on any atom is 0.288 e. The van der Waals surface area contributed by atoms with Crippen LogP contribution >= 0.6 is 0 Å². The van der Waals surface area contributed by atoms with E-state index in [0.29, 0.717) is 5.52 Å². The summed E-state index contributed by atoms with van der Waals surface area (Å²) < 4.78 is 1.84. The van der Waals surface area contributed by atoms with Gasteiger partial charge in [-0.3, -0.25) is 9.20 Å². The van der Waals surface area contributed by atoms with E-state index >= 15 is 0 Å². The quantitative estimate of drug-likeness (QED) is 0.838. The Hall–Kier alpha value is -1.84. The number of aromatic nitrogens is 3. The summed E-state index contributed by atoms with van der Waals surface area (Å²) in [6, 6.07) is 1.84. The fourth-order valence-electron chi connectivity index (χ4n) is 1.69. The highest BCUT2D eigenvalue weighted by molar-refractivity contribution is 5.67. The van der Waals surface area contributed by atoms with E-state index in [9.17, 15) is 4.79 Å². The lowest BCUT2D eigenvalue weighted by Gasteiger charge is -2.06. The standard InChI is InChI=1S/C12H15N3O/c1-7(2)9-5-10-12(16)14-13-11(8(3)4)15(10)6-9/h5-6,8H,1H2,2-4H3,(H,14,16). The summed E-state index contributed by atoms with van der Waals surface area (Å²) in [5, 5.41) is 6.59. The van der Waals surface area contributed by atoms with Crippen molar-refractivity contribution in [3.63, 3.8) is 0 Å². The van der Waals surface area contributed by atoms with E-state index in [0.717, 1.165) is 17.0 Å². The summed E-state index contributed by atoms with van der Waals surface area (Å²) in [5.74, 6) is 1.10. The largest absolute Gasteiger partial charge is 0.298 e. The highest BCUT2D eigenvalue weighted by Crippen LogP contribution is 2.18. The molecule has 4 nitrogen and oxygen atoms in total. The lowest BCUT2D eigenvalue weighted by Crippen LogP contribution is -2.15. The van der Waals surface area contributed by atoms with E-state index in [4.69, 9.17) is 0 Å². The Morgan fingerprint density at radius 3 is 2.81 bits per heavy atom. The van der Waals surface area contributed by atoms with Gasteiger partial charge in [-0.15, -0.1) is 0 Å². The minimum Gasteiger partial charge on any atom is -0.298 e. The molecule has 2 aromatic rings. The zero-order valence-electron chi connectivity index (χ0n) is 9.74. The molecule has 0 unspecified atom stereocenters. The summed E-state index contributed by atoms with van der Waals surface area (Å²) in [4.78, 5) is 11.6. The zero-order valence-corrected chi connectivity index (χ0v) is 9.74. The van der Waals surface area contributed by atoms with Gasteiger partial charge in [0, 0.05) is 12.1 Å². The first kappa shape index (κ1) is 10.7. The fourth-order valence-corrected chi connectivity index (χ4v) is 1.69. The van der Waals surface area contributed by atoms with Crippen molar-refractivity contribution in [1.82, 2.24) is 14.6 Å². The number of hydrogen-bond acceptors (Lipinski definition) is 2. The third kappa shape index (κ3) is 1.56. The Balaban J connectivity index is 2.83. The summed E-state index contributed by atoms with van der Waals surface area (Å²) in [7, 11) is 0. The molecule has 0 amide bonds. The number of aromatic amines is 1. The van der Waals surface area contributed by atoms with E-state index in [-0.39, 0.29) is 11.5 Å². The van der Waals surface area contributed by atoms with E-state index in [1.165, 1.54) is 0 Å². The molecule has 0 bridgehead atoms. The number of H-pyrrole nitrogens is 1. The Morgan fingerprint density at radius 2 is 2.25 bits per heavy atom. The predicted octanol–water partition coefficient (Wildman–Crippen LogP) is 2.18. The summed E-state index contributed by atoms with van der Waals surface area (Å²) in [5.41, 5.74) is 2.37. The maximum atomic E-state index is 11.6. The van der Waals surface area contributed by atoms with E-state index < -0.39 is 0 Å². The predicted molar refractivity (Wildman–Crippen MR) is 64.6 cm³/mol. The second-order valence-corrected chi connectivity index (χ2v) is 4.33. The molecule has 16 heavy (non-hydrogen) atoms. The average Bonchev–Trinajstić information content (AvgIpc) is 2.62. The van der Waals surface area contributed by atoms with Crippen molar-refractivity contribution in [2.75, 3.05) is 0 Å². The molecule has 0 saturated heterocycles. The van der Waals surface area contributed by atoms with E-state index in [1.807, 2.05) is 37.4 Å². The third-order valence-electron chi connectivity index (χ3n) is 2.58. The second kappa shape index (κ2) is 3.63. The molecule has 2 heterocycles. The number of rotatable bonds is 2. The van der Waals surface area contributed by atoms with Gasteiger partial charge in [0.25, 0.3) is 5.56 Å².